The maximum absolute atomic E-state index is 12.5. The second kappa shape index (κ2) is 55.7. The molecule has 0 aliphatic rings. The quantitative estimate of drug-likeness (QED) is 0.0361. The van der Waals surface area contributed by atoms with Crippen molar-refractivity contribution in [2.24, 2.45) is 0 Å². The third-order valence-corrected chi connectivity index (χ3v) is 14.4. The summed E-state index contributed by atoms with van der Waals surface area (Å²) < 4.78 is 0. The first-order valence-electron chi connectivity index (χ1n) is 30.0. The summed E-state index contributed by atoms with van der Waals surface area (Å²) >= 11 is 0. The fraction of sp³-hybridized carbons (Fsp3) is 0.950. The van der Waals surface area contributed by atoms with Gasteiger partial charge < -0.3 is 20.6 Å². The van der Waals surface area contributed by atoms with Crippen molar-refractivity contribution < 1.29 is 20.1 Å². The Morgan fingerprint density at radius 1 is 0.369 bits per heavy atom. The Balaban J connectivity index is 3.49. The summed E-state index contributed by atoms with van der Waals surface area (Å²) in [4.78, 5) is 12.5. The molecule has 0 fully saturated rings. The van der Waals surface area contributed by atoms with Gasteiger partial charge in [0, 0.05) is 6.42 Å². The van der Waals surface area contributed by atoms with E-state index in [1.165, 1.54) is 283 Å². The van der Waals surface area contributed by atoms with Crippen molar-refractivity contribution in [1.82, 2.24) is 5.32 Å². The van der Waals surface area contributed by atoms with E-state index in [0.717, 1.165) is 32.1 Å². The molecule has 0 aromatic heterocycles. The number of hydrogen-bond donors (Lipinski definition) is 4. The van der Waals surface area contributed by atoms with Gasteiger partial charge in [0.2, 0.25) is 5.91 Å². The highest BCUT2D eigenvalue weighted by atomic mass is 16.3. The lowest BCUT2D eigenvalue weighted by atomic mass is 9.99. The van der Waals surface area contributed by atoms with E-state index in [9.17, 15) is 20.1 Å². The molecule has 388 valence electrons. The van der Waals surface area contributed by atoms with Gasteiger partial charge in [-0.05, 0) is 38.5 Å². The average Bonchev–Trinajstić information content (AvgIpc) is 3.31. The number of amides is 1. The highest BCUT2D eigenvalue weighted by Gasteiger charge is 2.26. The van der Waals surface area contributed by atoms with Gasteiger partial charge in [0.1, 0.15) is 6.10 Å². The van der Waals surface area contributed by atoms with Crippen molar-refractivity contribution in [1.29, 1.82) is 0 Å². The molecule has 0 radical (unpaired) electrons. The zero-order chi connectivity index (χ0) is 47.2. The number of carbonyl (C=O) groups excluding carboxylic acids is 1. The van der Waals surface area contributed by atoms with E-state index in [1.807, 2.05) is 0 Å². The molecule has 3 atom stereocenters. The lowest BCUT2D eigenvalue weighted by Gasteiger charge is -2.26. The minimum atomic E-state index is -1.13. The van der Waals surface area contributed by atoms with Crippen molar-refractivity contribution in [2.45, 2.75) is 360 Å². The molecule has 3 unspecified atom stereocenters. The summed E-state index contributed by atoms with van der Waals surface area (Å²) in [7, 11) is 0. The van der Waals surface area contributed by atoms with Gasteiger partial charge in [-0.2, -0.15) is 0 Å². The van der Waals surface area contributed by atoms with Gasteiger partial charge in [0.05, 0.1) is 18.8 Å². The number of nitrogens with one attached hydrogen (secondary N) is 1. The van der Waals surface area contributed by atoms with Crippen LogP contribution in [0.15, 0.2) is 12.2 Å². The first kappa shape index (κ1) is 64.1. The predicted octanol–water partition coefficient (Wildman–Crippen LogP) is 18.7. The van der Waals surface area contributed by atoms with Gasteiger partial charge in [-0.3, -0.25) is 4.79 Å². The van der Waals surface area contributed by atoms with Crippen LogP contribution >= 0.6 is 0 Å². The Morgan fingerprint density at radius 3 is 0.892 bits per heavy atom. The molecular weight excluding hydrogens is 799 g/mol. The van der Waals surface area contributed by atoms with Gasteiger partial charge >= 0.3 is 0 Å². The van der Waals surface area contributed by atoms with Crippen molar-refractivity contribution in [3.8, 4) is 0 Å². The van der Waals surface area contributed by atoms with Crippen LogP contribution in [0.2, 0.25) is 0 Å². The predicted molar refractivity (Wildman–Crippen MR) is 287 cm³/mol. The van der Waals surface area contributed by atoms with Crippen LogP contribution in [-0.4, -0.2) is 46.1 Å². The largest absolute Gasteiger partial charge is 0.394 e. The average molecular weight is 919 g/mol. The lowest BCUT2D eigenvalue weighted by Crippen LogP contribution is -2.50. The van der Waals surface area contributed by atoms with Gasteiger partial charge in [-0.25, -0.2) is 0 Å². The van der Waals surface area contributed by atoms with Gasteiger partial charge in [0.15, 0.2) is 0 Å². The molecule has 5 nitrogen and oxygen atoms in total. The number of rotatable bonds is 56. The second-order valence-electron chi connectivity index (χ2n) is 20.9. The maximum atomic E-state index is 12.5. The number of aliphatic hydroxyl groups excluding tert-OH is 3. The van der Waals surface area contributed by atoms with Crippen LogP contribution in [0.25, 0.3) is 0 Å². The Kier molecular flexibility index (Phi) is 54.9. The number of carbonyl (C=O) groups is 1. The standard InChI is InChI=1S/C60H119NO4/c1-3-5-7-9-11-13-15-17-19-21-23-25-27-28-29-30-31-32-33-35-37-39-41-43-45-47-49-51-53-55-59(64)61-57(56-62)60(65)58(63)54-52-50-48-46-44-42-40-38-36-34-26-24-22-20-18-16-14-12-10-8-6-4-2/h28-29,57-58,60,62-63,65H,3-27,30-56H2,1-2H3,(H,61,64)/b29-28-. The molecule has 0 rings (SSSR count). The molecule has 0 saturated carbocycles. The second-order valence-corrected chi connectivity index (χ2v) is 20.9. The maximum Gasteiger partial charge on any atom is 0.220 e. The highest BCUT2D eigenvalue weighted by molar-refractivity contribution is 5.76. The Morgan fingerprint density at radius 2 is 0.615 bits per heavy atom. The molecule has 0 bridgehead atoms. The van der Waals surface area contributed by atoms with E-state index in [2.05, 4.69) is 31.3 Å². The van der Waals surface area contributed by atoms with Crippen LogP contribution in [0.3, 0.4) is 0 Å². The van der Waals surface area contributed by atoms with E-state index >= 15 is 0 Å². The summed E-state index contributed by atoms with van der Waals surface area (Å²) in [5.41, 5.74) is 0. The molecule has 0 aliphatic carbocycles. The zero-order valence-corrected chi connectivity index (χ0v) is 44.4. The molecule has 0 aromatic carbocycles. The van der Waals surface area contributed by atoms with Crippen molar-refractivity contribution in [3.05, 3.63) is 12.2 Å². The third-order valence-electron chi connectivity index (χ3n) is 14.4. The molecule has 0 aromatic rings. The molecule has 0 aliphatic heterocycles. The molecule has 0 saturated heterocycles. The van der Waals surface area contributed by atoms with Crippen molar-refractivity contribution in [2.75, 3.05) is 6.61 Å². The molecule has 0 heterocycles. The lowest BCUT2D eigenvalue weighted by molar-refractivity contribution is -0.124. The van der Waals surface area contributed by atoms with Crippen LogP contribution in [0.1, 0.15) is 341 Å². The molecule has 4 N–H and O–H groups in total. The monoisotopic (exact) mass is 918 g/mol. The van der Waals surface area contributed by atoms with E-state index in [1.54, 1.807) is 0 Å². The molecule has 1 amide bonds. The van der Waals surface area contributed by atoms with Crippen molar-refractivity contribution in [3.63, 3.8) is 0 Å². The first-order valence-corrected chi connectivity index (χ1v) is 30.0. The van der Waals surface area contributed by atoms with Gasteiger partial charge in [-0.1, -0.05) is 309 Å². The van der Waals surface area contributed by atoms with Crippen LogP contribution < -0.4 is 5.32 Å². The highest BCUT2D eigenvalue weighted by Crippen LogP contribution is 2.18. The number of unbranched alkanes of at least 4 members (excludes halogenated alkanes) is 46. The van der Waals surface area contributed by atoms with Crippen LogP contribution in [0.5, 0.6) is 0 Å². The van der Waals surface area contributed by atoms with E-state index < -0.39 is 18.2 Å². The number of aliphatic hydroxyl groups is 3. The summed E-state index contributed by atoms with van der Waals surface area (Å²) in [6.45, 7) is 4.23. The minimum Gasteiger partial charge on any atom is -0.394 e. The van der Waals surface area contributed by atoms with Crippen LogP contribution in [0, 0.1) is 0 Å². The van der Waals surface area contributed by atoms with Crippen LogP contribution in [-0.2, 0) is 4.79 Å². The fourth-order valence-corrected chi connectivity index (χ4v) is 9.75. The van der Waals surface area contributed by atoms with Crippen molar-refractivity contribution >= 4 is 5.91 Å². The molecule has 65 heavy (non-hydrogen) atoms. The normalized spacial score (nSPS) is 13.2. The topological polar surface area (TPSA) is 89.8 Å². The van der Waals surface area contributed by atoms with E-state index in [4.69, 9.17) is 0 Å². The number of allylic oxidation sites excluding steroid dienone is 2. The Bertz CT molecular complexity index is 925. The van der Waals surface area contributed by atoms with Crippen LogP contribution in [0.4, 0.5) is 0 Å². The summed E-state index contributed by atoms with van der Waals surface area (Å²) in [6, 6.07) is -0.807. The Labute approximate surface area is 408 Å². The first-order chi connectivity index (χ1) is 32.1. The summed E-state index contributed by atoms with van der Waals surface area (Å²) in [5, 5.41) is 33.8. The number of hydrogen-bond acceptors (Lipinski definition) is 4. The van der Waals surface area contributed by atoms with Gasteiger partial charge in [-0.15, -0.1) is 0 Å². The SMILES string of the molecule is CCCCCCCCCCCCCC/C=C\CCCCCCCCCCCCCCCC(=O)NC(CO)C(O)C(O)CCCCCCCCCCCCCCCCCCCCCCCC. The Hall–Kier alpha value is -0.910. The summed E-state index contributed by atoms with van der Waals surface area (Å²) in [5.74, 6) is -0.138. The van der Waals surface area contributed by atoms with E-state index in [0.29, 0.717) is 12.8 Å². The van der Waals surface area contributed by atoms with Gasteiger partial charge in [0.25, 0.3) is 0 Å². The van der Waals surface area contributed by atoms with E-state index in [-0.39, 0.29) is 12.5 Å². The molecular formula is C60H119NO4. The zero-order valence-electron chi connectivity index (χ0n) is 44.4. The molecule has 5 heteroatoms. The minimum absolute atomic E-state index is 0.138. The third kappa shape index (κ3) is 50.8. The summed E-state index contributed by atoms with van der Waals surface area (Å²) in [6.07, 6.45) is 69.5. The fourth-order valence-electron chi connectivity index (χ4n) is 9.75. The molecule has 0 spiro atoms. The smallest absolute Gasteiger partial charge is 0.220 e.